The van der Waals surface area contributed by atoms with Crippen molar-refractivity contribution in [2.75, 3.05) is 63.7 Å². The fraction of sp³-hybridized carbons (Fsp3) is 0.529. The van der Waals surface area contributed by atoms with Gasteiger partial charge >= 0.3 is 30.1 Å². The molecule has 13 nitrogen and oxygen atoms in total. The average Bonchev–Trinajstić information content (AvgIpc) is 3.14. The molecular weight excluding hydrogens is 699 g/mol. The number of alkyl halides is 3. The third-order valence-corrected chi connectivity index (χ3v) is 8.08. The fourth-order valence-electron chi connectivity index (χ4n) is 4.52. The molecule has 282 valence electrons. The van der Waals surface area contributed by atoms with Crippen LogP contribution in [-0.2, 0) is 34.8 Å². The monoisotopic (exact) mass is 751 g/mol. The molecule has 0 aliphatic carbocycles. The average molecular weight is 752 g/mol. The Morgan fingerprint density at radius 1 is 0.745 bits per heavy atom. The largest absolute Gasteiger partial charge is 0.481 e. The van der Waals surface area contributed by atoms with Crippen LogP contribution in [0.3, 0.4) is 0 Å². The topological polar surface area (TPSA) is 177 Å². The molecule has 0 saturated carbocycles. The molecule has 5 rings (SSSR count). The van der Waals surface area contributed by atoms with Crippen molar-refractivity contribution in [3.63, 3.8) is 0 Å². The predicted molar refractivity (Wildman–Crippen MR) is 180 cm³/mol. The Bertz CT molecular complexity index is 1730. The highest BCUT2D eigenvalue weighted by Gasteiger charge is 2.33. The zero-order valence-corrected chi connectivity index (χ0v) is 28.0. The van der Waals surface area contributed by atoms with Gasteiger partial charge in [-0.05, 0) is 49.7 Å². The summed E-state index contributed by atoms with van der Waals surface area (Å²) in [4.78, 5) is 42.7. The number of piperazine rings is 1. The van der Waals surface area contributed by atoms with Gasteiger partial charge in [0.1, 0.15) is 0 Å². The van der Waals surface area contributed by atoms with E-state index in [-0.39, 0.29) is 51.6 Å². The van der Waals surface area contributed by atoms with Crippen LogP contribution in [0.2, 0.25) is 0 Å². The second kappa shape index (κ2) is 20.8. The van der Waals surface area contributed by atoms with Gasteiger partial charge in [0.15, 0.2) is 6.29 Å². The molecule has 2 aromatic rings. The van der Waals surface area contributed by atoms with E-state index in [0.717, 1.165) is 17.0 Å². The van der Waals surface area contributed by atoms with Crippen LogP contribution in [0.25, 0.3) is 0 Å². The summed E-state index contributed by atoms with van der Waals surface area (Å²) in [5, 5.41) is 31.6. The minimum absolute atomic E-state index is 0.0103. The summed E-state index contributed by atoms with van der Waals surface area (Å²) in [7, 11) is 0. The van der Waals surface area contributed by atoms with Gasteiger partial charge in [0, 0.05) is 66.3 Å². The molecule has 2 fully saturated rings. The number of ether oxygens (including phenoxy) is 2. The van der Waals surface area contributed by atoms with Gasteiger partial charge in [0.2, 0.25) is 0 Å². The summed E-state index contributed by atoms with van der Waals surface area (Å²) >= 11 is 1.32. The van der Waals surface area contributed by atoms with Crippen LogP contribution >= 0.6 is 11.8 Å². The number of aliphatic carboxylic acids is 4. The first-order chi connectivity index (χ1) is 27.2. The molecular formula is C34H44F3N3O10S. The molecule has 0 bridgehead atoms. The van der Waals surface area contributed by atoms with Crippen LogP contribution in [0.5, 0.6) is 0 Å². The molecule has 0 spiro atoms. The number of carboxylic acid groups (broad SMARTS) is 4. The van der Waals surface area contributed by atoms with Gasteiger partial charge in [-0.25, -0.2) is 0 Å². The lowest BCUT2D eigenvalue weighted by Crippen LogP contribution is -2.47. The Morgan fingerprint density at radius 2 is 1.25 bits per heavy atom. The third-order valence-electron chi connectivity index (χ3n) is 6.95. The van der Waals surface area contributed by atoms with E-state index in [9.17, 15) is 32.3 Å². The highest BCUT2D eigenvalue weighted by Crippen LogP contribution is 2.49. The van der Waals surface area contributed by atoms with E-state index >= 15 is 0 Å². The van der Waals surface area contributed by atoms with Crippen LogP contribution in [0, 0.1) is 0 Å². The number of benzene rings is 2. The summed E-state index contributed by atoms with van der Waals surface area (Å²) in [6, 6.07) is 10.6. The van der Waals surface area contributed by atoms with Gasteiger partial charge in [-0.15, -0.1) is 0 Å². The third kappa shape index (κ3) is 15.1. The molecule has 51 heavy (non-hydrogen) atoms. The van der Waals surface area contributed by atoms with Crippen molar-refractivity contribution in [3.8, 4) is 0 Å². The summed E-state index contributed by atoms with van der Waals surface area (Å²) in [6.07, 6.45) is -5.81. The van der Waals surface area contributed by atoms with Crippen LogP contribution in [0.1, 0.15) is 61.5 Å². The minimum atomic E-state index is -4.57. The van der Waals surface area contributed by atoms with Gasteiger partial charge < -0.3 is 44.6 Å². The number of carboxylic acids is 4. The maximum absolute atomic E-state index is 13.6. The van der Waals surface area contributed by atoms with Gasteiger partial charge in [0.05, 0.1) is 55.8 Å². The first-order valence-corrected chi connectivity index (χ1v) is 16.5. The zero-order valence-electron chi connectivity index (χ0n) is 35.2. The van der Waals surface area contributed by atoms with Crippen molar-refractivity contribution in [2.45, 2.75) is 67.2 Å². The Morgan fingerprint density at radius 3 is 1.78 bits per heavy atom. The van der Waals surface area contributed by atoms with E-state index < -0.39 is 74.4 Å². The summed E-state index contributed by atoms with van der Waals surface area (Å²) in [5.41, 5.74) is 0.102. The molecule has 3 heterocycles. The van der Waals surface area contributed by atoms with Crippen molar-refractivity contribution in [1.29, 1.82) is 0 Å². The normalized spacial score (nSPS) is 22.7. The molecule has 3 aliphatic heterocycles. The molecule has 3 aliphatic rings. The highest BCUT2D eigenvalue weighted by molar-refractivity contribution is 7.99. The number of halogens is 3. The lowest BCUT2D eigenvalue weighted by atomic mass is 10.1. The zero-order chi connectivity index (χ0) is 44.6. The quantitative estimate of drug-likeness (QED) is 0.206. The summed E-state index contributed by atoms with van der Waals surface area (Å²) in [6.45, 7) is -11.8. The van der Waals surface area contributed by atoms with E-state index in [0.29, 0.717) is 45.7 Å². The SMILES string of the molecule is O=C(O)CCC(=O)O.O=C(O)CCC(=O)O.[2H]C1([2H])N(CCCN2c3ccccc3Sc3ccc(C(F)(F)F)cc32)C([2H])([2H])C([2H])([2H])N(CCC2OCCCO2)C1([2H])[2H]. The van der Waals surface area contributed by atoms with E-state index in [4.69, 9.17) is 40.9 Å². The lowest BCUT2D eigenvalue weighted by molar-refractivity contribution is -0.183. The van der Waals surface area contributed by atoms with Crippen molar-refractivity contribution < 1.29 is 73.2 Å². The molecule has 2 aromatic carbocycles. The van der Waals surface area contributed by atoms with Crippen LogP contribution in [0.4, 0.5) is 24.5 Å². The number of fused-ring (bicyclic) bond motifs is 2. The Balaban J connectivity index is 0.000000490. The van der Waals surface area contributed by atoms with Gasteiger partial charge in [-0.2, -0.15) is 13.2 Å². The standard InChI is InChI=1S/C26H32F3N3O2S.2C4H6O4/c27-26(28,29)20-7-8-24-22(19-20)32(21-5-1-2-6-23(21)35-24)11-3-10-30-13-15-31(16-14-30)12-9-25-33-17-4-18-34-25;2*5-3(6)1-2-4(7)8/h1-2,5-8,19,25H,3-4,9-18H2;2*1-2H2,(H,5,6)(H,7,8)/i13D2,14D2,15D2,16D2;;. The van der Waals surface area contributed by atoms with Crippen LogP contribution in [-0.4, -0.2) is 119 Å². The minimum Gasteiger partial charge on any atom is -0.481 e. The molecule has 2 saturated heterocycles. The second-order valence-electron chi connectivity index (χ2n) is 10.9. The van der Waals surface area contributed by atoms with Crippen LogP contribution in [0.15, 0.2) is 52.3 Å². The van der Waals surface area contributed by atoms with Crippen molar-refractivity contribution in [3.05, 3.63) is 48.0 Å². The Labute approximate surface area is 309 Å². The fourth-order valence-corrected chi connectivity index (χ4v) is 5.60. The predicted octanol–water partition coefficient (Wildman–Crippen LogP) is 5.34. The molecule has 4 N–H and O–H groups in total. The molecule has 17 heteroatoms. The van der Waals surface area contributed by atoms with Crippen LogP contribution < -0.4 is 4.90 Å². The van der Waals surface area contributed by atoms with Crippen molar-refractivity contribution >= 4 is 47.0 Å². The maximum atomic E-state index is 13.6. The molecule has 0 unspecified atom stereocenters. The number of hydrogen-bond donors (Lipinski definition) is 4. The van der Waals surface area contributed by atoms with E-state index in [1.54, 1.807) is 23.1 Å². The van der Waals surface area contributed by atoms with E-state index in [1.807, 2.05) is 6.07 Å². The smallest absolute Gasteiger partial charge is 0.416 e. The summed E-state index contributed by atoms with van der Waals surface area (Å²) < 4.78 is 121. The number of carbonyl (C=O) groups is 4. The molecule has 0 atom stereocenters. The number of hydrogen-bond acceptors (Lipinski definition) is 10. The first-order valence-electron chi connectivity index (χ1n) is 19.7. The van der Waals surface area contributed by atoms with E-state index in [2.05, 4.69) is 0 Å². The Hall–Kier alpha value is -3.90. The van der Waals surface area contributed by atoms with E-state index in [1.165, 1.54) is 17.8 Å². The second-order valence-corrected chi connectivity index (χ2v) is 12.0. The molecule has 0 aromatic heterocycles. The molecule has 0 radical (unpaired) electrons. The number of para-hydroxylation sites is 1. The highest BCUT2D eigenvalue weighted by atomic mass is 32.2. The number of anilines is 2. The maximum Gasteiger partial charge on any atom is 0.416 e. The Kier molecular flexibility index (Phi) is 12.5. The first kappa shape index (κ1) is 30.7. The van der Waals surface area contributed by atoms with Crippen molar-refractivity contribution in [1.82, 2.24) is 9.80 Å². The number of rotatable bonds is 13. The molecule has 0 amide bonds. The van der Waals surface area contributed by atoms with Crippen molar-refractivity contribution in [2.24, 2.45) is 0 Å². The summed E-state index contributed by atoms with van der Waals surface area (Å²) in [5.74, 6) is -4.31. The lowest BCUT2D eigenvalue weighted by Gasteiger charge is -2.37. The van der Waals surface area contributed by atoms with Gasteiger partial charge in [0.25, 0.3) is 0 Å². The number of nitrogens with zero attached hydrogens (tertiary/aromatic N) is 3. The van der Waals surface area contributed by atoms with Gasteiger partial charge in [-0.3, -0.25) is 19.2 Å². The van der Waals surface area contributed by atoms with Gasteiger partial charge in [-0.1, -0.05) is 23.9 Å².